The van der Waals surface area contributed by atoms with E-state index in [0.717, 1.165) is 5.56 Å². The molecule has 74 heavy (non-hydrogen) atoms. The van der Waals surface area contributed by atoms with Crippen LogP contribution in [0.15, 0.2) is 182 Å². The van der Waals surface area contributed by atoms with Crippen LogP contribution in [-0.4, -0.2) is 14.1 Å². The molecule has 4 nitrogen and oxygen atoms in total. The molecule has 8 aromatic carbocycles. The molecule has 0 radical (unpaired) electrons. The molecular formula is C58H30F12N4. The van der Waals surface area contributed by atoms with Crippen LogP contribution < -0.4 is 0 Å². The van der Waals surface area contributed by atoms with Gasteiger partial charge in [0.25, 0.3) is 0 Å². The Kier molecular flexibility index (Phi) is 11.0. The zero-order valence-electron chi connectivity index (χ0n) is 37.6. The van der Waals surface area contributed by atoms with Crippen LogP contribution in [0.2, 0.25) is 0 Å². The summed E-state index contributed by atoms with van der Waals surface area (Å²) in [5.74, 6) is 0. The maximum atomic E-state index is 14.2. The molecule has 3 heterocycles. The van der Waals surface area contributed by atoms with Gasteiger partial charge in [0, 0.05) is 32.7 Å². The third-order valence-corrected chi connectivity index (χ3v) is 13.0. The number of nitrogens with zero attached hydrogens (tertiary/aromatic N) is 4. The second kappa shape index (κ2) is 17.2. The highest BCUT2D eigenvalue weighted by Gasteiger charge is 2.39. The van der Waals surface area contributed by atoms with Crippen LogP contribution in [-0.2, 0) is 24.7 Å². The van der Waals surface area contributed by atoms with Crippen molar-refractivity contribution in [1.29, 1.82) is 5.26 Å². The molecule has 16 heteroatoms. The predicted octanol–water partition coefficient (Wildman–Crippen LogP) is 17.9. The van der Waals surface area contributed by atoms with Crippen LogP contribution in [0.25, 0.3) is 99.8 Å². The van der Waals surface area contributed by atoms with Gasteiger partial charge in [-0.1, -0.05) is 97.1 Å². The van der Waals surface area contributed by atoms with Crippen molar-refractivity contribution in [2.45, 2.75) is 24.7 Å². The van der Waals surface area contributed by atoms with Gasteiger partial charge in [0.1, 0.15) is 11.6 Å². The Morgan fingerprint density at radius 3 is 1.11 bits per heavy atom. The highest BCUT2D eigenvalue weighted by atomic mass is 19.4. The van der Waals surface area contributed by atoms with Crippen molar-refractivity contribution in [3.63, 3.8) is 0 Å². The van der Waals surface area contributed by atoms with Gasteiger partial charge in [0.05, 0.1) is 67.1 Å². The van der Waals surface area contributed by atoms with Gasteiger partial charge in [-0.05, 0) is 107 Å². The number of alkyl halides is 12. The van der Waals surface area contributed by atoms with Gasteiger partial charge in [-0.15, -0.1) is 0 Å². The molecule has 0 aliphatic rings. The molecule has 11 aromatic rings. The van der Waals surface area contributed by atoms with E-state index in [1.807, 2.05) is 30.3 Å². The SMILES string of the molecule is N#Cc1c(-n2c3ccccc3c3ccc(-c4cc(C(F)(F)F)cc(C(F)(F)F)c4)cc32)cc(-c2cccc(-c3ccccc3)n2)cc1-n1c2ccccc2c2ccc(-c3cc(C(F)(F)F)cc(C(F)(F)F)c3)cc21. The van der Waals surface area contributed by atoms with Gasteiger partial charge in [-0.3, -0.25) is 0 Å². The van der Waals surface area contributed by atoms with Crippen LogP contribution >= 0.6 is 0 Å². The average molecular weight is 1010 g/mol. The van der Waals surface area contributed by atoms with Crippen LogP contribution in [0.4, 0.5) is 52.7 Å². The minimum atomic E-state index is -5.13. The Bertz CT molecular complexity index is 3820. The van der Waals surface area contributed by atoms with Gasteiger partial charge >= 0.3 is 24.7 Å². The number of hydrogen-bond donors (Lipinski definition) is 0. The Balaban J connectivity index is 1.24. The second-order valence-electron chi connectivity index (χ2n) is 17.5. The summed E-state index contributed by atoms with van der Waals surface area (Å²) in [4.78, 5) is 5.01. The molecule has 0 N–H and O–H groups in total. The molecule has 0 fully saturated rings. The van der Waals surface area contributed by atoms with Crippen LogP contribution in [0.1, 0.15) is 27.8 Å². The highest BCUT2D eigenvalue weighted by molar-refractivity contribution is 6.12. The number of hydrogen-bond acceptors (Lipinski definition) is 2. The number of aromatic nitrogens is 3. The standard InChI is InChI=1S/C58H30F12N4/c59-55(60,61)38-21-35(22-39(29-38)56(62,63)64)33-17-19-44-42-11-4-6-15-49(42)73(51(44)25-33)53-27-37(48-14-8-13-47(72-48)32-9-2-1-3-10-32)28-54(46(53)31-71)74-50-16-7-5-12-43(50)45-20-18-34(26-52(45)74)36-23-40(57(65,66)67)30-41(24-36)58(68,69)70/h1-30H. The zero-order chi connectivity index (χ0) is 52.1. The Morgan fingerprint density at radius 2 is 0.703 bits per heavy atom. The Morgan fingerprint density at radius 1 is 0.324 bits per heavy atom. The maximum Gasteiger partial charge on any atom is 0.416 e. The fraction of sp³-hybridized carbons (Fsp3) is 0.0690. The molecule has 0 saturated heterocycles. The van der Waals surface area contributed by atoms with E-state index in [4.69, 9.17) is 4.98 Å². The van der Waals surface area contributed by atoms with E-state index in [2.05, 4.69) is 6.07 Å². The molecule has 0 spiro atoms. The van der Waals surface area contributed by atoms with Crippen molar-refractivity contribution < 1.29 is 52.7 Å². The van der Waals surface area contributed by atoms with Crippen molar-refractivity contribution >= 4 is 43.6 Å². The molecule has 0 saturated carbocycles. The first-order chi connectivity index (χ1) is 35.2. The van der Waals surface area contributed by atoms with Crippen molar-refractivity contribution in [3.05, 3.63) is 210 Å². The molecule has 0 atom stereocenters. The van der Waals surface area contributed by atoms with E-state index >= 15 is 0 Å². The lowest BCUT2D eigenvalue weighted by Gasteiger charge is -2.19. The first-order valence-electron chi connectivity index (χ1n) is 22.4. The number of halogens is 12. The maximum absolute atomic E-state index is 14.2. The van der Waals surface area contributed by atoms with Gasteiger partial charge in [-0.2, -0.15) is 57.9 Å². The average Bonchev–Trinajstić information content (AvgIpc) is 3.89. The van der Waals surface area contributed by atoms with Gasteiger partial charge in [0.2, 0.25) is 0 Å². The molecule has 11 rings (SSSR count). The van der Waals surface area contributed by atoms with Gasteiger partial charge in [0.15, 0.2) is 0 Å². The topological polar surface area (TPSA) is 46.5 Å². The van der Waals surface area contributed by atoms with E-state index in [9.17, 15) is 57.9 Å². The van der Waals surface area contributed by atoms with Crippen molar-refractivity contribution in [2.75, 3.05) is 0 Å². The molecule has 0 bridgehead atoms. The second-order valence-corrected chi connectivity index (χ2v) is 17.5. The Hall–Kier alpha value is -8.84. The van der Waals surface area contributed by atoms with Gasteiger partial charge in [-0.25, -0.2) is 4.98 Å². The molecule has 0 aliphatic carbocycles. The number of pyridine rings is 1. The summed E-state index contributed by atoms with van der Waals surface area (Å²) in [6.07, 6.45) is -20.5. The number of rotatable bonds is 6. The normalized spacial score (nSPS) is 12.6. The first-order valence-corrected chi connectivity index (χ1v) is 22.4. The van der Waals surface area contributed by atoms with Crippen molar-refractivity contribution in [1.82, 2.24) is 14.1 Å². The Labute approximate surface area is 411 Å². The first kappa shape index (κ1) is 47.5. The number of benzene rings is 8. The molecule has 0 amide bonds. The smallest absolute Gasteiger partial charge is 0.308 e. The van der Waals surface area contributed by atoms with E-state index in [1.54, 1.807) is 100 Å². The molecular weight excluding hydrogens is 981 g/mol. The molecule has 0 aliphatic heterocycles. The fourth-order valence-corrected chi connectivity index (χ4v) is 9.65. The quantitative estimate of drug-likeness (QED) is 0.156. The monoisotopic (exact) mass is 1010 g/mol. The van der Waals surface area contributed by atoms with E-state index in [-0.39, 0.29) is 62.4 Å². The van der Waals surface area contributed by atoms with E-state index < -0.39 is 47.0 Å². The molecule has 3 aromatic heterocycles. The summed E-state index contributed by atoms with van der Waals surface area (Å²) in [6.45, 7) is 0. The largest absolute Gasteiger partial charge is 0.416 e. The predicted molar refractivity (Wildman–Crippen MR) is 259 cm³/mol. The lowest BCUT2D eigenvalue weighted by atomic mass is 9.98. The van der Waals surface area contributed by atoms with E-state index in [1.165, 1.54) is 24.3 Å². The van der Waals surface area contributed by atoms with Crippen molar-refractivity contribution in [3.8, 4) is 62.2 Å². The van der Waals surface area contributed by atoms with Crippen LogP contribution in [0.5, 0.6) is 0 Å². The minimum Gasteiger partial charge on any atom is -0.308 e. The fourth-order valence-electron chi connectivity index (χ4n) is 9.65. The third kappa shape index (κ3) is 8.33. The highest BCUT2D eigenvalue weighted by Crippen LogP contribution is 2.45. The van der Waals surface area contributed by atoms with E-state index in [0.29, 0.717) is 73.8 Å². The summed E-state index contributed by atoms with van der Waals surface area (Å²) in [6, 6.07) is 45.7. The zero-order valence-corrected chi connectivity index (χ0v) is 37.6. The summed E-state index contributed by atoms with van der Waals surface area (Å²) < 4.78 is 174. The summed E-state index contributed by atoms with van der Waals surface area (Å²) >= 11 is 0. The number of nitriles is 1. The molecule has 366 valence electrons. The lowest BCUT2D eigenvalue weighted by Crippen LogP contribution is -2.11. The lowest BCUT2D eigenvalue weighted by molar-refractivity contribution is -0.144. The summed E-state index contributed by atoms with van der Waals surface area (Å²) in [7, 11) is 0. The van der Waals surface area contributed by atoms with Gasteiger partial charge < -0.3 is 9.13 Å². The van der Waals surface area contributed by atoms with Crippen LogP contribution in [0.3, 0.4) is 0 Å². The van der Waals surface area contributed by atoms with Crippen LogP contribution in [0, 0.1) is 11.3 Å². The summed E-state index contributed by atoms with van der Waals surface area (Å²) in [5, 5.41) is 13.8. The molecule has 0 unspecified atom stereocenters. The number of para-hydroxylation sites is 2. The summed E-state index contributed by atoms with van der Waals surface area (Å²) in [5.41, 5.74) is -2.81. The minimum absolute atomic E-state index is 0.0107. The number of fused-ring (bicyclic) bond motifs is 6. The van der Waals surface area contributed by atoms with Crippen molar-refractivity contribution in [2.24, 2.45) is 0 Å². The third-order valence-electron chi connectivity index (χ3n) is 13.0.